The molecule has 0 N–H and O–H groups in total. The second-order valence-corrected chi connectivity index (χ2v) is 12.7. The number of nitrogens with zero attached hydrogens (tertiary/aromatic N) is 1. The molecular weight excluding hydrogens is 470 g/mol. The number of ketones is 1. The van der Waals surface area contributed by atoms with E-state index in [1.165, 1.54) is 11.1 Å². The van der Waals surface area contributed by atoms with Crippen molar-refractivity contribution in [2.45, 2.75) is 90.9 Å². The Labute approximate surface area is 222 Å². The Morgan fingerprint density at radius 3 is 2.69 bits per heavy atom. The number of hydrogen-bond donors (Lipinski definition) is 0. The molecule has 2 saturated carbocycles. The number of benzene rings is 1. The number of hydrogen-bond acceptors (Lipinski definition) is 3. The summed E-state index contributed by atoms with van der Waals surface area (Å²) in [4.78, 5) is 28.6. The highest BCUT2D eigenvalue weighted by Crippen LogP contribution is 2.62. The van der Waals surface area contributed by atoms with Crippen LogP contribution in [0.1, 0.15) is 95.6 Å². The molecule has 5 atom stereocenters. The molecule has 1 aromatic rings. The van der Waals surface area contributed by atoms with Crippen LogP contribution < -0.4 is 0 Å². The number of halogens is 1. The fourth-order valence-corrected chi connectivity index (χ4v) is 8.90. The van der Waals surface area contributed by atoms with Crippen molar-refractivity contribution < 1.29 is 14.3 Å². The Hall–Kier alpha value is -1.39. The van der Waals surface area contributed by atoms with E-state index in [9.17, 15) is 9.59 Å². The topological polar surface area (TPSA) is 46.6 Å². The van der Waals surface area contributed by atoms with Crippen molar-refractivity contribution in [1.29, 1.82) is 0 Å². The van der Waals surface area contributed by atoms with Crippen molar-refractivity contribution in [2.24, 2.45) is 28.6 Å². The van der Waals surface area contributed by atoms with Crippen LogP contribution in [-0.2, 0) is 20.7 Å². The van der Waals surface area contributed by atoms with Crippen LogP contribution in [0.2, 0.25) is 5.02 Å². The lowest BCUT2D eigenvalue weighted by Crippen LogP contribution is -2.44. The molecule has 36 heavy (non-hydrogen) atoms. The average molecular weight is 514 g/mol. The highest BCUT2D eigenvalue weighted by molar-refractivity contribution is 6.30. The molecule has 5 heteroatoms. The van der Waals surface area contributed by atoms with Crippen molar-refractivity contribution in [3.8, 4) is 0 Å². The second kappa shape index (κ2) is 10.4. The van der Waals surface area contributed by atoms with Gasteiger partial charge in [-0.2, -0.15) is 0 Å². The normalized spacial score (nSPS) is 34.4. The third-order valence-corrected chi connectivity index (χ3v) is 10.8. The van der Waals surface area contributed by atoms with Crippen LogP contribution >= 0.6 is 11.6 Å². The zero-order valence-corrected chi connectivity index (χ0v) is 23.2. The zero-order valence-electron chi connectivity index (χ0n) is 22.5. The van der Waals surface area contributed by atoms with Crippen LogP contribution in [0.25, 0.3) is 0 Å². The van der Waals surface area contributed by atoms with Crippen LogP contribution in [0.15, 0.2) is 18.2 Å². The van der Waals surface area contributed by atoms with Gasteiger partial charge < -0.3 is 9.64 Å². The fraction of sp³-hybridized carbons (Fsp3) is 0.742. The summed E-state index contributed by atoms with van der Waals surface area (Å²) in [6.07, 6.45) is 9.73. The van der Waals surface area contributed by atoms with E-state index < -0.39 is 0 Å². The largest absolute Gasteiger partial charge is 0.381 e. The zero-order chi connectivity index (χ0) is 25.5. The molecular formula is C31H44ClNO3. The molecule has 2 heterocycles. The summed E-state index contributed by atoms with van der Waals surface area (Å²) in [5.41, 5.74) is 2.98. The highest BCUT2D eigenvalue weighted by Gasteiger charge is 2.58. The third kappa shape index (κ3) is 4.55. The van der Waals surface area contributed by atoms with Crippen LogP contribution in [0.3, 0.4) is 0 Å². The molecule has 4 nitrogen and oxygen atoms in total. The number of fused-ring (bicyclic) bond motifs is 5. The van der Waals surface area contributed by atoms with E-state index >= 15 is 0 Å². The van der Waals surface area contributed by atoms with Gasteiger partial charge >= 0.3 is 0 Å². The maximum atomic E-state index is 13.3. The lowest BCUT2D eigenvalue weighted by molar-refractivity contribution is -0.131. The maximum absolute atomic E-state index is 13.3. The molecule has 1 spiro atoms. The fourth-order valence-electron chi connectivity index (χ4n) is 8.70. The highest BCUT2D eigenvalue weighted by atomic mass is 35.5. The van der Waals surface area contributed by atoms with Crippen LogP contribution in [0, 0.1) is 28.6 Å². The molecule has 3 aliphatic carbocycles. The second-order valence-electron chi connectivity index (χ2n) is 12.2. The summed E-state index contributed by atoms with van der Waals surface area (Å²) < 4.78 is 5.57. The van der Waals surface area contributed by atoms with Crippen molar-refractivity contribution >= 4 is 23.3 Å². The minimum absolute atomic E-state index is 0.196. The molecule has 198 valence electrons. The summed E-state index contributed by atoms with van der Waals surface area (Å²) >= 11 is 6.29. The molecule has 0 bridgehead atoms. The summed E-state index contributed by atoms with van der Waals surface area (Å²) in [7, 11) is 0. The van der Waals surface area contributed by atoms with Crippen molar-refractivity contribution in [2.75, 3.05) is 26.3 Å². The van der Waals surface area contributed by atoms with Gasteiger partial charge in [-0.25, -0.2) is 0 Å². The standard InChI is InChI=1S/C29H38ClNO3.C2H6/c1-28-9-8-23-22-6-4-21(30)16-19(22)2-5-24(23)27(28)20(17-25(28)32)3-7-26(33)31-13-10-29(18-31)11-14-34-15-12-29;1-2/h4,6,16,20,23-24,27H,2-3,5,7-15,17-18H2,1H3;1-2H3/t20-,23?,24?,27?,28-;/m1./s1. The van der Waals surface area contributed by atoms with Crippen LogP contribution in [0.4, 0.5) is 0 Å². The number of aryl methyl sites for hydroxylation is 1. The first-order valence-electron chi connectivity index (χ1n) is 14.6. The minimum atomic E-state index is -0.196. The summed E-state index contributed by atoms with van der Waals surface area (Å²) in [6.45, 7) is 9.72. The predicted octanol–water partition coefficient (Wildman–Crippen LogP) is 6.83. The van der Waals surface area contributed by atoms with Crippen molar-refractivity contribution in [1.82, 2.24) is 4.90 Å². The molecule has 1 aromatic carbocycles. The van der Waals surface area contributed by atoms with E-state index in [1.807, 2.05) is 19.9 Å². The molecule has 5 aliphatic rings. The molecule has 0 radical (unpaired) electrons. The quantitative estimate of drug-likeness (QED) is 0.445. The molecule has 3 unspecified atom stereocenters. The number of carbonyl (C=O) groups excluding carboxylic acids is 2. The third-order valence-electron chi connectivity index (χ3n) is 10.6. The van der Waals surface area contributed by atoms with E-state index in [0.717, 1.165) is 82.7 Å². The lowest BCUT2D eigenvalue weighted by Gasteiger charge is -2.50. The van der Waals surface area contributed by atoms with E-state index in [2.05, 4.69) is 24.0 Å². The van der Waals surface area contributed by atoms with E-state index in [4.69, 9.17) is 16.3 Å². The van der Waals surface area contributed by atoms with Gasteiger partial charge in [0.05, 0.1) is 0 Å². The number of rotatable bonds is 3. The first kappa shape index (κ1) is 26.2. The molecule has 2 saturated heterocycles. The summed E-state index contributed by atoms with van der Waals surface area (Å²) in [6, 6.07) is 6.43. The number of Topliss-reactive ketones (excluding diaryl/α,β-unsaturated/α-hetero) is 1. The van der Waals surface area contributed by atoms with Gasteiger partial charge in [0.15, 0.2) is 0 Å². The maximum Gasteiger partial charge on any atom is 0.222 e. The Morgan fingerprint density at radius 2 is 1.92 bits per heavy atom. The van der Waals surface area contributed by atoms with Gasteiger partial charge in [0.2, 0.25) is 5.91 Å². The molecule has 6 rings (SSSR count). The Kier molecular flexibility index (Phi) is 7.58. The lowest BCUT2D eigenvalue weighted by atomic mass is 9.54. The van der Waals surface area contributed by atoms with Gasteiger partial charge in [-0.05, 0) is 104 Å². The summed E-state index contributed by atoms with van der Waals surface area (Å²) in [5, 5.41) is 0.828. The van der Waals surface area contributed by atoms with Gasteiger partial charge in [0.1, 0.15) is 5.78 Å². The molecule has 2 aliphatic heterocycles. The number of ether oxygens (including phenoxy) is 1. The smallest absolute Gasteiger partial charge is 0.222 e. The molecule has 4 fully saturated rings. The van der Waals surface area contributed by atoms with Crippen LogP contribution in [-0.4, -0.2) is 42.9 Å². The van der Waals surface area contributed by atoms with Gasteiger partial charge in [-0.15, -0.1) is 0 Å². The first-order chi connectivity index (χ1) is 17.4. The van der Waals surface area contributed by atoms with Gasteiger partial charge in [-0.1, -0.05) is 38.4 Å². The first-order valence-corrected chi connectivity index (χ1v) is 14.9. The Balaban J connectivity index is 0.00000130. The number of amides is 1. The van der Waals surface area contributed by atoms with Gasteiger partial charge in [-0.3, -0.25) is 9.59 Å². The number of likely N-dealkylation sites (tertiary alicyclic amines) is 1. The SMILES string of the molecule is CC.C[C@]12CCC3c4ccc(Cl)cc4CCC3C1[C@H](CCC(=O)N1CCC3(CCOCC3)C1)CC2=O. The van der Waals surface area contributed by atoms with Crippen molar-refractivity contribution in [3.63, 3.8) is 0 Å². The van der Waals surface area contributed by atoms with E-state index in [0.29, 0.717) is 53.6 Å². The predicted molar refractivity (Wildman–Crippen MR) is 144 cm³/mol. The van der Waals surface area contributed by atoms with E-state index in [-0.39, 0.29) is 5.41 Å². The molecule has 1 amide bonds. The molecule has 0 aromatic heterocycles. The average Bonchev–Trinajstić information content (AvgIpc) is 3.41. The van der Waals surface area contributed by atoms with E-state index in [1.54, 1.807) is 0 Å². The minimum Gasteiger partial charge on any atom is -0.381 e. The monoisotopic (exact) mass is 513 g/mol. The summed E-state index contributed by atoms with van der Waals surface area (Å²) in [5.74, 6) is 2.61. The Morgan fingerprint density at radius 1 is 1.14 bits per heavy atom. The number of carbonyl (C=O) groups is 2. The Bertz CT molecular complexity index is 986. The van der Waals surface area contributed by atoms with Gasteiger partial charge in [0, 0.05) is 49.6 Å². The van der Waals surface area contributed by atoms with Gasteiger partial charge in [0.25, 0.3) is 0 Å². The van der Waals surface area contributed by atoms with Crippen molar-refractivity contribution in [3.05, 3.63) is 34.3 Å². The van der Waals surface area contributed by atoms with Crippen LogP contribution in [0.5, 0.6) is 0 Å².